The Kier molecular flexibility index (Phi) is 7.77. The quantitative estimate of drug-likeness (QED) is 0.296. The smallest absolute Gasteiger partial charge is 0.343 e. The Morgan fingerprint density at radius 3 is 2.09 bits per heavy atom. The first-order valence-corrected chi connectivity index (χ1v) is 10.0. The minimum atomic E-state index is -1.93. The highest BCUT2D eigenvalue weighted by atomic mass is 16.6. The molecule has 0 bridgehead atoms. The Morgan fingerprint density at radius 2 is 1.55 bits per heavy atom. The van der Waals surface area contributed by atoms with Gasteiger partial charge >= 0.3 is 5.97 Å². The Hall–Kier alpha value is -4.17. The van der Waals surface area contributed by atoms with Crippen LogP contribution in [0.25, 0.3) is 0 Å². The zero-order chi connectivity index (χ0) is 23.7. The molecule has 2 N–H and O–H groups in total. The zero-order valence-electron chi connectivity index (χ0n) is 18.2. The van der Waals surface area contributed by atoms with E-state index >= 15 is 0 Å². The van der Waals surface area contributed by atoms with Crippen molar-refractivity contribution in [3.63, 3.8) is 0 Å². The van der Waals surface area contributed by atoms with Crippen LogP contribution in [-0.4, -0.2) is 44.0 Å². The molecule has 0 fully saturated rings. The summed E-state index contributed by atoms with van der Waals surface area (Å²) < 4.78 is 15.2. The Balaban J connectivity index is 1.78. The molecule has 0 atom stereocenters. The van der Waals surface area contributed by atoms with Gasteiger partial charge in [0.15, 0.2) is 23.7 Å². The summed E-state index contributed by atoms with van der Waals surface area (Å²) in [6.07, 6.45) is 1.40. The Bertz CT molecular complexity index is 1080. The van der Waals surface area contributed by atoms with Crippen LogP contribution < -0.4 is 14.9 Å². The maximum atomic E-state index is 13.0. The van der Waals surface area contributed by atoms with E-state index in [1.54, 1.807) is 78.9 Å². The second-order valence-corrected chi connectivity index (χ2v) is 6.92. The number of nitrogens with one attached hydrogen (secondary N) is 1. The third kappa shape index (κ3) is 5.55. The van der Waals surface area contributed by atoms with Crippen LogP contribution >= 0.6 is 0 Å². The van der Waals surface area contributed by atoms with Crippen molar-refractivity contribution < 1.29 is 28.9 Å². The largest absolute Gasteiger partial charge is 0.493 e. The number of carbonyl (C=O) groups excluding carboxylic acids is 2. The van der Waals surface area contributed by atoms with E-state index in [-0.39, 0.29) is 6.61 Å². The van der Waals surface area contributed by atoms with Gasteiger partial charge in [-0.3, -0.25) is 4.79 Å². The van der Waals surface area contributed by atoms with Gasteiger partial charge in [-0.15, -0.1) is 0 Å². The van der Waals surface area contributed by atoms with Crippen molar-refractivity contribution in [2.24, 2.45) is 5.10 Å². The molecule has 1 amide bonds. The van der Waals surface area contributed by atoms with Crippen LogP contribution in [0.3, 0.4) is 0 Å². The summed E-state index contributed by atoms with van der Waals surface area (Å²) >= 11 is 0. The topological polar surface area (TPSA) is 106 Å². The van der Waals surface area contributed by atoms with Crippen molar-refractivity contribution in [2.45, 2.75) is 5.60 Å². The van der Waals surface area contributed by atoms with Gasteiger partial charge in [-0.25, -0.2) is 10.2 Å². The summed E-state index contributed by atoms with van der Waals surface area (Å²) in [7, 11) is 2.73. The van der Waals surface area contributed by atoms with E-state index in [0.29, 0.717) is 28.2 Å². The van der Waals surface area contributed by atoms with E-state index in [1.807, 2.05) is 0 Å². The molecule has 3 rings (SSSR count). The van der Waals surface area contributed by atoms with E-state index in [0.717, 1.165) is 0 Å². The predicted molar refractivity (Wildman–Crippen MR) is 122 cm³/mol. The molecule has 8 heteroatoms. The normalized spacial score (nSPS) is 11.1. The third-order valence-electron chi connectivity index (χ3n) is 4.85. The zero-order valence-corrected chi connectivity index (χ0v) is 18.2. The second-order valence-electron chi connectivity index (χ2n) is 6.92. The monoisotopic (exact) mass is 448 g/mol. The molecule has 33 heavy (non-hydrogen) atoms. The van der Waals surface area contributed by atoms with Crippen LogP contribution in [0.5, 0.6) is 11.5 Å². The van der Waals surface area contributed by atoms with E-state index in [9.17, 15) is 14.7 Å². The van der Waals surface area contributed by atoms with Crippen molar-refractivity contribution in [3.05, 3.63) is 95.6 Å². The average molecular weight is 448 g/mol. The Labute approximate surface area is 191 Å². The van der Waals surface area contributed by atoms with Crippen molar-refractivity contribution >= 4 is 18.1 Å². The lowest BCUT2D eigenvalue weighted by atomic mass is 9.85. The number of carbonyl (C=O) groups is 2. The van der Waals surface area contributed by atoms with Gasteiger partial charge in [0.25, 0.3) is 5.91 Å². The highest BCUT2D eigenvalue weighted by Gasteiger charge is 2.39. The fourth-order valence-electron chi connectivity index (χ4n) is 3.11. The van der Waals surface area contributed by atoms with Gasteiger partial charge in [0.1, 0.15) is 0 Å². The van der Waals surface area contributed by atoms with E-state index in [1.165, 1.54) is 20.4 Å². The Morgan fingerprint density at radius 1 is 0.939 bits per heavy atom. The van der Waals surface area contributed by atoms with Crippen LogP contribution in [0.4, 0.5) is 0 Å². The number of aliphatic hydroxyl groups is 1. The second kappa shape index (κ2) is 10.9. The maximum Gasteiger partial charge on any atom is 0.343 e. The summed E-state index contributed by atoms with van der Waals surface area (Å²) in [6.45, 7) is -0.256. The number of hydrogen-bond acceptors (Lipinski definition) is 7. The first kappa shape index (κ1) is 23.5. The number of nitrogens with zero attached hydrogens (tertiary/aromatic N) is 1. The average Bonchev–Trinajstić information content (AvgIpc) is 2.87. The molecule has 0 aliphatic heterocycles. The number of hydrogen-bond donors (Lipinski definition) is 2. The lowest BCUT2D eigenvalue weighted by Gasteiger charge is -2.27. The molecule has 0 saturated carbocycles. The van der Waals surface area contributed by atoms with Crippen molar-refractivity contribution in [2.75, 3.05) is 20.8 Å². The summed E-state index contributed by atoms with van der Waals surface area (Å²) in [5, 5.41) is 15.4. The van der Waals surface area contributed by atoms with Crippen LogP contribution in [0.15, 0.2) is 84.0 Å². The molecule has 0 aliphatic rings. The molecule has 0 saturated heterocycles. The van der Waals surface area contributed by atoms with Gasteiger partial charge in [-0.05, 0) is 34.9 Å². The molecule has 0 spiro atoms. The number of benzene rings is 3. The fraction of sp³-hybridized carbons (Fsp3) is 0.160. The minimum Gasteiger partial charge on any atom is -0.493 e. The van der Waals surface area contributed by atoms with Gasteiger partial charge in [-0.1, -0.05) is 60.7 Å². The predicted octanol–water partition coefficient (Wildman–Crippen LogP) is 2.63. The summed E-state index contributed by atoms with van der Waals surface area (Å²) in [5.74, 6) is -0.498. The maximum absolute atomic E-state index is 13.0. The first-order valence-electron chi connectivity index (χ1n) is 10.0. The SMILES string of the molecule is COC(=O)COc1ccc(/C=N\NC(=O)C(O)(c2ccccc2)c2ccccc2)cc1OC. The third-order valence-corrected chi connectivity index (χ3v) is 4.85. The van der Waals surface area contributed by atoms with Crippen molar-refractivity contribution in [3.8, 4) is 11.5 Å². The minimum absolute atomic E-state index is 0.256. The van der Waals surface area contributed by atoms with Crippen LogP contribution in [0, 0.1) is 0 Å². The molecule has 0 aromatic heterocycles. The molecule has 0 aliphatic carbocycles. The first-order chi connectivity index (χ1) is 16.0. The number of esters is 1. The van der Waals surface area contributed by atoms with Crippen molar-refractivity contribution in [1.29, 1.82) is 0 Å². The summed E-state index contributed by atoms with van der Waals surface area (Å²) in [6, 6.07) is 22.2. The number of rotatable bonds is 9. The van der Waals surface area contributed by atoms with Crippen LogP contribution in [0.2, 0.25) is 0 Å². The molecule has 3 aromatic carbocycles. The van der Waals surface area contributed by atoms with Gasteiger partial charge in [0.2, 0.25) is 0 Å². The molecule has 0 heterocycles. The number of hydrazone groups is 1. The molecular formula is C25H24N2O6. The van der Waals surface area contributed by atoms with Crippen LogP contribution in [0.1, 0.15) is 16.7 Å². The van der Waals surface area contributed by atoms with Gasteiger partial charge in [-0.2, -0.15) is 5.10 Å². The molecule has 3 aromatic rings. The lowest BCUT2D eigenvalue weighted by molar-refractivity contribution is -0.143. The molecule has 170 valence electrons. The number of ether oxygens (including phenoxy) is 3. The standard InChI is InChI=1S/C25H24N2O6/c1-31-22-15-18(13-14-21(22)33-17-23(28)32-2)16-26-27-24(29)25(30,19-9-5-3-6-10-19)20-11-7-4-8-12-20/h3-16,30H,17H2,1-2H3,(H,27,29)/b26-16-. The number of amides is 1. The van der Waals surface area contributed by atoms with E-state index in [4.69, 9.17) is 9.47 Å². The van der Waals surface area contributed by atoms with E-state index in [2.05, 4.69) is 15.3 Å². The van der Waals surface area contributed by atoms with Crippen molar-refractivity contribution in [1.82, 2.24) is 5.43 Å². The van der Waals surface area contributed by atoms with Gasteiger partial charge in [0.05, 0.1) is 20.4 Å². The van der Waals surface area contributed by atoms with Crippen LogP contribution in [-0.2, 0) is 19.9 Å². The molecular weight excluding hydrogens is 424 g/mol. The lowest BCUT2D eigenvalue weighted by Crippen LogP contribution is -2.43. The molecule has 0 radical (unpaired) electrons. The van der Waals surface area contributed by atoms with E-state index < -0.39 is 17.5 Å². The fourth-order valence-corrected chi connectivity index (χ4v) is 3.11. The highest BCUT2D eigenvalue weighted by molar-refractivity contribution is 5.91. The molecule has 0 unspecified atom stereocenters. The summed E-state index contributed by atoms with van der Waals surface area (Å²) in [5.41, 5.74) is 1.92. The van der Waals surface area contributed by atoms with Gasteiger partial charge in [0, 0.05) is 0 Å². The number of methoxy groups -OCH3 is 2. The van der Waals surface area contributed by atoms with Gasteiger partial charge < -0.3 is 19.3 Å². The molecule has 8 nitrogen and oxygen atoms in total. The highest BCUT2D eigenvalue weighted by Crippen LogP contribution is 2.30. The summed E-state index contributed by atoms with van der Waals surface area (Å²) in [4.78, 5) is 24.3.